The van der Waals surface area contributed by atoms with Gasteiger partial charge in [0.25, 0.3) is 0 Å². The lowest BCUT2D eigenvalue weighted by atomic mass is 9.61. The maximum atomic E-state index is 5.05. The third-order valence-electron chi connectivity index (χ3n) is 7.18. The van der Waals surface area contributed by atoms with E-state index in [1.54, 1.807) is 0 Å². The van der Waals surface area contributed by atoms with Crippen LogP contribution in [0.2, 0.25) is 0 Å². The average Bonchev–Trinajstić information content (AvgIpc) is 3.24. The third-order valence-corrected chi connectivity index (χ3v) is 7.18. The normalized spacial score (nSPS) is 38.4. The molecule has 0 N–H and O–H groups in total. The van der Waals surface area contributed by atoms with Crippen molar-refractivity contribution in [1.29, 1.82) is 0 Å². The van der Waals surface area contributed by atoms with E-state index in [1.807, 2.05) is 18.5 Å². The summed E-state index contributed by atoms with van der Waals surface area (Å²) < 4.78 is 0. The molecule has 2 aliphatic carbocycles. The Labute approximate surface area is 143 Å². The molecule has 2 fully saturated rings. The maximum absolute atomic E-state index is 5.05. The van der Waals surface area contributed by atoms with Gasteiger partial charge >= 0.3 is 0 Å². The Hall–Kier alpha value is -2.03. The highest BCUT2D eigenvalue weighted by atomic mass is 15.3. The second-order valence-electron chi connectivity index (χ2n) is 8.11. The van der Waals surface area contributed by atoms with Crippen molar-refractivity contribution in [2.24, 2.45) is 27.5 Å². The minimum atomic E-state index is -0.238. The van der Waals surface area contributed by atoms with Crippen molar-refractivity contribution in [2.75, 3.05) is 0 Å². The topological polar surface area (TPSA) is 37.6 Å². The molecule has 0 radical (unpaired) electrons. The zero-order valence-corrected chi connectivity index (χ0v) is 14.3. The van der Waals surface area contributed by atoms with Crippen molar-refractivity contribution in [1.82, 2.24) is 4.98 Å². The van der Waals surface area contributed by atoms with E-state index in [4.69, 9.17) is 10.2 Å². The number of rotatable bonds is 2. The molecule has 2 saturated carbocycles. The Morgan fingerprint density at radius 1 is 0.833 bits per heavy atom. The number of aromatic nitrogens is 1. The highest BCUT2D eigenvalue weighted by Gasteiger charge is 2.78. The summed E-state index contributed by atoms with van der Waals surface area (Å²) in [6.07, 6.45) is 7.65. The van der Waals surface area contributed by atoms with Crippen molar-refractivity contribution >= 4 is 0 Å². The molecule has 3 heteroatoms. The number of hydrogen-bond donors (Lipinski definition) is 0. The van der Waals surface area contributed by atoms with Crippen molar-refractivity contribution in [3.05, 3.63) is 66.0 Å². The first-order valence-corrected chi connectivity index (χ1v) is 9.05. The van der Waals surface area contributed by atoms with E-state index >= 15 is 0 Å². The van der Waals surface area contributed by atoms with Gasteiger partial charge in [-0.2, -0.15) is 10.2 Å². The van der Waals surface area contributed by atoms with Gasteiger partial charge in [0.05, 0.1) is 0 Å². The number of azo groups is 1. The van der Waals surface area contributed by atoms with Gasteiger partial charge in [-0.1, -0.05) is 56.7 Å². The summed E-state index contributed by atoms with van der Waals surface area (Å²) in [5.41, 5.74) is 2.08. The fourth-order valence-corrected chi connectivity index (χ4v) is 6.28. The molecule has 122 valence electrons. The summed E-state index contributed by atoms with van der Waals surface area (Å²) in [7, 11) is 0. The van der Waals surface area contributed by atoms with E-state index in [9.17, 15) is 0 Å². The molecule has 1 aliphatic heterocycles. The van der Waals surface area contributed by atoms with E-state index < -0.39 is 0 Å². The molecule has 24 heavy (non-hydrogen) atoms. The Kier molecular flexibility index (Phi) is 2.70. The van der Waals surface area contributed by atoms with Gasteiger partial charge in [-0.3, -0.25) is 4.98 Å². The summed E-state index contributed by atoms with van der Waals surface area (Å²) in [5.74, 6) is 1.14. The van der Waals surface area contributed by atoms with Gasteiger partial charge in [0.2, 0.25) is 0 Å². The second-order valence-corrected chi connectivity index (χ2v) is 8.11. The average molecular weight is 317 g/mol. The van der Waals surface area contributed by atoms with Gasteiger partial charge in [0, 0.05) is 23.4 Å². The molecule has 2 bridgehead atoms. The lowest BCUT2D eigenvalue weighted by Gasteiger charge is -2.41. The van der Waals surface area contributed by atoms with Crippen molar-refractivity contribution in [2.45, 2.75) is 44.2 Å². The molecule has 0 spiro atoms. The molecule has 1 aromatic carbocycles. The smallest absolute Gasteiger partial charge is 0.119 e. The van der Waals surface area contributed by atoms with Crippen LogP contribution in [0.15, 0.2) is 65.1 Å². The van der Waals surface area contributed by atoms with Crippen LogP contribution < -0.4 is 0 Å². The quantitative estimate of drug-likeness (QED) is 0.759. The van der Waals surface area contributed by atoms with Gasteiger partial charge < -0.3 is 0 Å². The van der Waals surface area contributed by atoms with Crippen LogP contribution in [-0.4, -0.2) is 4.98 Å². The standard InChI is InChI=1S/C21H23N3/c1-19(2)20(15-8-4-3-5-9-15)17-11-6-12-18(17)21(19,24-23-20)16-10-7-13-22-14-16/h3-5,7-10,13-14,17-18H,6,11-12H2,1-2H3/t17-,18+,20-,21+/m0/s1. The predicted octanol–water partition coefficient (Wildman–Crippen LogP) is 5.09. The van der Waals surface area contributed by atoms with Crippen LogP contribution in [0.1, 0.15) is 44.2 Å². The summed E-state index contributed by atoms with van der Waals surface area (Å²) >= 11 is 0. The van der Waals surface area contributed by atoms with Crippen LogP contribution in [-0.2, 0) is 11.1 Å². The summed E-state index contributed by atoms with van der Waals surface area (Å²) in [4.78, 5) is 4.41. The molecular weight excluding hydrogens is 294 g/mol. The van der Waals surface area contributed by atoms with Crippen LogP contribution in [0.25, 0.3) is 0 Å². The molecule has 4 atom stereocenters. The first-order chi connectivity index (χ1) is 11.6. The summed E-state index contributed by atoms with van der Waals surface area (Å²) in [6.45, 7) is 4.76. The van der Waals surface area contributed by atoms with Crippen molar-refractivity contribution in [3.8, 4) is 0 Å². The predicted molar refractivity (Wildman–Crippen MR) is 93.5 cm³/mol. The fraction of sp³-hybridized carbons (Fsp3) is 0.476. The number of nitrogens with zero attached hydrogens (tertiary/aromatic N) is 3. The van der Waals surface area contributed by atoms with Crippen molar-refractivity contribution < 1.29 is 0 Å². The third kappa shape index (κ3) is 1.35. The summed E-state index contributed by atoms with van der Waals surface area (Å²) in [5, 5.41) is 10.1. The monoisotopic (exact) mass is 317 g/mol. The van der Waals surface area contributed by atoms with Gasteiger partial charge in [-0.15, -0.1) is 0 Å². The molecule has 0 saturated heterocycles. The zero-order chi connectivity index (χ0) is 16.4. The van der Waals surface area contributed by atoms with Crippen LogP contribution in [0.4, 0.5) is 0 Å². The van der Waals surface area contributed by atoms with E-state index in [0.29, 0.717) is 11.8 Å². The first-order valence-electron chi connectivity index (χ1n) is 9.05. The Balaban J connectivity index is 1.80. The van der Waals surface area contributed by atoms with Gasteiger partial charge in [-0.05, 0) is 36.3 Å². The van der Waals surface area contributed by atoms with Gasteiger partial charge in [0.15, 0.2) is 0 Å². The Morgan fingerprint density at radius 2 is 1.46 bits per heavy atom. The van der Waals surface area contributed by atoms with E-state index in [-0.39, 0.29) is 16.5 Å². The first kappa shape index (κ1) is 14.3. The minimum absolute atomic E-state index is 0.0554. The number of benzene rings is 1. The molecule has 0 unspecified atom stereocenters. The molecule has 1 aromatic heterocycles. The van der Waals surface area contributed by atoms with Crippen LogP contribution in [0, 0.1) is 17.3 Å². The highest BCUT2D eigenvalue weighted by molar-refractivity contribution is 5.44. The lowest BCUT2D eigenvalue weighted by molar-refractivity contribution is 0.140. The molecule has 2 aromatic rings. The maximum Gasteiger partial charge on any atom is 0.119 e. The SMILES string of the molecule is CC1(C)[C@]2(c3cccnc3)N=N[C@@]1(c1ccccc1)[C@H]1CCC[C@H]12. The fourth-order valence-electron chi connectivity index (χ4n) is 6.28. The molecule has 3 aliphatic rings. The molecule has 3 nitrogen and oxygen atoms in total. The summed E-state index contributed by atoms with van der Waals surface area (Å²) in [6, 6.07) is 15.1. The second kappa shape index (κ2) is 4.53. The van der Waals surface area contributed by atoms with Gasteiger partial charge in [0.1, 0.15) is 11.1 Å². The molecule has 5 rings (SSSR count). The van der Waals surface area contributed by atoms with Crippen molar-refractivity contribution in [3.63, 3.8) is 0 Å². The van der Waals surface area contributed by atoms with Gasteiger partial charge in [-0.25, -0.2) is 0 Å². The van der Waals surface area contributed by atoms with Crippen LogP contribution in [0.3, 0.4) is 0 Å². The van der Waals surface area contributed by atoms with E-state index in [0.717, 1.165) is 0 Å². The molecular formula is C21H23N3. The lowest BCUT2D eigenvalue weighted by Crippen LogP contribution is -2.44. The number of hydrogen-bond acceptors (Lipinski definition) is 3. The highest BCUT2D eigenvalue weighted by Crippen LogP contribution is 2.77. The van der Waals surface area contributed by atoms with Crippen LogP contribution in [0.5, 0.6) is 0 Å². The number of pyridine rings is 1. The zero-order valence-electron chi connectivity index (χ0n) is 14.3. The van der Waals surface area contributed by atoms with E-state index in [1.165, 1.54) is 30.4 Å². The largest absolute Gasteiger partial charge is 0.264 e. The molecule has 2 heterocycles. The van der Waals surface area contributed by atoms with Crippen LogP contribution >= 0.6 is 0 Å². The molecule has 0 amide bonds. The number of fused-ring (bicyclic) bond motifs is 5. The van der Waals surface area contributed by atoms with E-state index in [2.05, 4.69) is 55.2 Å². The Morgan fingerprint density at radius 3 is 2.08 bits per heavy atom. The Bertz CT molecular complexity index is 733. The minimum Gasteiger partial charge on any atom is -0.264 e.